The van der Waals surface area contributed by atoms with E-state index in [1.807, 2.05) is 43.3 Å². The van der Waals surface area contributed by atoms with Crippen molar-refractivity contribution in [2.45, 2.75) is 63.8 Å². The van der Waals surface area contributed by atoms with Crippen molar-refractivity contribution >= 4 is 23.4 Å². The van der Waals surface area contributed by atoms with Crippen LogP contribution < -0.4 is 10.6 Å². The van der Waals surface area contributed by atoms with Gasteiger partial charge in [0.25, 0.3) is 0 Å². The zero-order valence-corrected chi connectivity index (χ0v) is 23.8. The standard InChI is InChI=1S/C31H42N4O5/c1-19-6-4-8-22(18-19)32-28(36)25-24-10-11-31(40-24)26(25)30(38)35(13-12-34-14-16-39-17-15-34)27(31)29(37)33-23-9-5-7-20(2)21(23)3/h4,6,8,10-11,18,20-21,23-27H,5,7,9,12-17H2,1-3H3,(H,32,36)(H,33,37)/t20-,21+,23+,24+,25-,26+,27+,31+/m0/s1. The van der Waals surface area contributed by atoms with E-state index in [1.54, 1.807) is 4.90 Å². The Morgan fingerprint density at radius 1 is 1.10 bits per heavy atom. The lowest BCUT2D eigenvalue weighted by Gasteiger charge is -2.38. The average Bonchev–Trinajstić information content (AvgIpc) is 3.58. The monoisotopic (exact) mass is 550 g/mol. The number of rotatable bonds is 7. The van der Waals surface area contributed by atoms with Crippen LogP contribution in [0.2, 0.25) is 0 Å². The number of carbonyl (C=O) groups excluding carboxylic acids is 3. The number of hydrogen-bond acceptors (Lipinski definition) is 6. The molecule has 1 aromatic rings. The van der Waals surface area contributed by atoms with Crippen LogP contribution in [0.3, 0.4) is 0 Å². The molecule has 1 aliphatic carbocycles. The number of benzene rings is 1. The third-order valence-corrected chi connectivity index (χ3v) is 10.0. The van der Waals surface area contributed by atoms with Crippen LogP contribution in [0.5, 0.6) is 0 Å². The number of nitrogens with zero attached hydrogens (tertiary/aromatic N) is 2. The molecule has 1 saturated carbocycles. The summed E-state index contributed by atoms with van der Waals surface area (Å²) >= 11 is 0. The van der Waals surface area contributed by atoms with Gasteiger partial charge in [-0.3, -0.25) is 19.3 Å². The van der Waals surface area contributed by atoms with Gasteiger partial charge in [-0.05, 0) is 42.9 Å². The number of morpholine rings is 1. The van der Waals surface area contributed by atoms with Crippen molar-refractivity contribution in [1.29, 1.82) is 0 Å². The average molecular weight is 551 g/mol. The second-order valence-corrected chi connectivity index (χ2v) is 12.4. The first kappa shape index (κ1) is 27.4. The SMILES string of the molecule is Cc1cccc(NC(=O)[C@H]2[C@H]3C=C[C@@]4(O3)[C@H]2C(=O)N(CCN2CCOCC2)[C@@H]4C(=O)N[C@@H]2CCC[C@H](C)[C@H]2C)c1. The van der Waals surface area contributed by atoms with Crippen LogP contribution in [-0.4, -0.2) is 90.7 Å². The van der Waals surface area contributed by atoms with Gasteiger partial charge >= 0.3 is 0 Å². The molecule has 4 heterocycles. The molecule has 40 heavy (non-hydrogen) atoms. The minimum absolute atomic E-state index is 0.0610. The summed E-state index contributed by atoms with van der Waals surface area (Å²) in [6.45, 7) is 10.4. The number of anilines is 1. The van der Waals surface area contributed by atoms with E-state index in [1.165, 1.54) is 6.42 Å². The number of carbonyl (C=O) groups is 3. The van der Waals surface area contributed by atoms with Crippen molar-refractivity contribution in [3.63, 3.8) is 0 Å². The summed E-state index contributed by atoms with van der Waals surface area (Å²) in [6.07, 6.45) is 6.41. The Hall–Kier alpha value is -2.75. The molecule has 216 valence electrons. The fourth-order valence-electron chi connectivity index (χ4n) is 7.58. The van der Waals surface area contributed by atoms with Crippen LogP contribution in [0.15, 0.2) is 36.4 Å². The normalized spacial score (nSPS) is 37.0. The molecular formula is C31H42N4O5. The Labute approximate surface area is 236 Å². The van der Waals surface area contributed by atoms with Gasteiger partial charge in [0.1, 0.15) is 11.6 Å². The number of aryl methyl sites for hydroxylation is 1. The minimum atomic E-state index is -1.14. The molecule has 2 N–H and O–H groups in total. The zero-order valence-electron chi connectivity index (χ0n) is 23.8. The predicted octanol–water partition coefficient (Wildman–Crippen LogP) is 2.36. The highest BCUT2D eigenvalue weighted by atomic mass is 16.5. The molecule has 8 atom stereocenters. The van der Waals surface area contributed by atoms with Crippen molar-refractivity contribution in [3.8, 4) is 0 Å². The molecule has 5 aliphatic rings. The van der Waals surface area contributed by atoms with Crippen LogP contribution in [0.4, 0.5) is 5.69 Å². The maximum atomic E-state index is 14.2. The summed E-state index contributed by atoms with van der Waals surface area (Å²) in [5.74, 6) is -1.15. The van der Waals surface area contributed by atoms with Gasteiger partial charge in [0.05, 0.1) is 31.2 Å². The number of hydrogen-bond donors (Lipinski definition) is 2. The van der Waals surface area contributed by atoms with E-state index in [0.29, 0.717) is 43.8 Å². The molecule has 1 spiro atoms. The number of amides is 3. The molecule has 9 heteroatoms. The maximum absolute atomic E-state index is 14.2. The highest BCUT2D eigenvalue weighted by molar-refractivity contribution is 6.02. The van der Waals surface area contributed by atoms with Crippen molar-refractivity contribution in [2.24, 2.45) is 23.7 Å². The third kappa shape index (κ3) is 4.76. The molecule has 0 unspecified atom stereocenters. The summed E-state index contributed by atoms with van der Waals surface area (Å²) in [7, 11) is 0. The first-order valence-electron chi connectivity index (χ1n) is 14.9. The van der Waals surface area contributed by atoms with Gasteiger partial charge in [-0.1, -0.05) is 51.0 Å². The lowest BCUT2D eigenvalue weighted by molar-refractivity contribution is -0.142. The molecule has 2 bridgehead atoms. The van der Waals surface area contributed by atoms with Crippen LogP contribution in [-0.2, 0) is 23.9 Å². The van der Waals surface area contributed by atoms with Crippen molar-refractivity contribution in [3.05, 3.63) is 42.0 Å². The van der Waals surface area contributed by atoms with Gasteiger partial charge in [0.15, 0.2) is 0 Å². The lowest BCUT2D eigenvalue weighted by Crippen LogP contribution is -2.58. The maximum Gasteiger partial charge on any atom is 0.246 e. The molecule has 4 fully saturated rings. The van der Waals surface area contributed by atoms with E-state index in [9.17, 15) is 14.4 Å². The summed E-state index contributed by atoms with van der Waals surface area (Å²) in [4.78, 5) is 46.0. The number of fused-ring (bicyclic) bond motifs is 1. The third-order valence-electron chi connectivity index (χ3n) is 10.0. The molecule has 6 rings (SSSR count). The largest absolute Gasteiger partial charge is 0.379 e. The highest BCUT2D eigenvalue weighted by Gasteiger charge is 2.72. The summed E-state index contributed by atoms with van der Waals surface area (Å²) in [5, 5.41) is 6.34. The van der Waals surface area contributed by atoms with E-state index in [2.05, 4.69) is 29.4 Å². The van der Waals surface area contributed by atoms with Gasteiger partial charge in [-0.2, -0.15) is 0 Å². The van der Waals surface area contributed by atoms with Crippen molar-refractivity contribution in [2.75, 3.05) is 44.7 Å². The molecule has 3 amide bonds. The summed E-state index contributed by atoms with van der Waals surface area (Å²) in [5.41, 5.74) is 0.581. The second kappa shape index (κ2) is 10.9. The molecule has 3 saturated heterocycles. The van der Waals surface area contributed by atoms with Gasteiger partial charge in [0.2, 0.25) is 17.7 Å². The second-order valence-electron chi connectivity index (χ2n) is 12.4. The van der Waals surface area contributed by atoms with Crippen LogP contribution >= 0.6 is 0 Å². The summed E-state index contributed by atoms with van der Waals surface area (Å²) < 4.78 is 12.0. The molecule has 0 radical (unpaired) electrons. The van der Waals surface area contributed by atoms with E-state index in [0.717, 1.165) is 31.5 Å². The Morgan fingerprint density at radius 2 is 1.90 bits per heavy atom. The summed E-state index contributed by atoms with van der Waals surface area (Å²) in [6, 6.07) is 6.87. The first-order valence-corrected chi connectivity index (χ1v) is 14.9. The molecule has 1 aromatic carbocycles. The van der Waals surface area contributed by atoms with E-state index < -0.39 is 29.6 Å². The molecule has 4 aliphatic heterocycles. The van der Waals surface area contributed by atoms with Crippen LogP contribution in [0.25, 0.3) is 0 Å². The molecule has 9 nitrogen and oxygen atoms in total. The van der Waals surface area contributed by atoms with E-state index >= 15 is 0 Å². The number of nitrogens with one attached hydrogen (secondary N) is 2. The van der Waals surface area contributed by atoms with Gasteiger partial charge < -0.3 is 25.0 Å². The van der Waals surface area contributed by atoms with Gasteiger partial charge in [-0.15, -0.1) is 0 Å². The Bertz CT molecular complexity index is 1180. The number of ether oxygens (including phenoxy) is 2. The van der Waals surface area contributed by atoms with Gasteiger partial charge in [-0.25, -0.2) is 0 Å². The first-order chi connectivity index (χ1) is 19.3. The van der Waals surface area contributed by atoms with E-state index in [4.69, 9.17) is 9.47 Å². The molecule has 0 aromatic heterocycles. The quantitative estimate of drug-likeness (QED) is 0.506. The molecular weight excluding hydrogens is 508 g/mol. The fraction of sp³-hybridized carbons (Fsp3) is 0.645. The lowest BCUT2D eigenvalue weighted by atomic mass is 9.73. The highest BCUT2D eigenvalue weighted by Crippen LogP contribution is 2.55. The Morgan fingerprint density at radius 3 is 2.67 bits per heavy atom. The fourth-order valence-corrected chi connectivity index (χ4v) is 7.58. The van der Waals surface area contributed by atoms with Crippen molar-refractivity contribution < 1.29 is 23.9 Å². The van der Waals surface area contributed by atoms with Crippen LogP contribution in [0, 0.1) is 30.6 Å². The topological polar surface area (TPSA) is 100 Å². The Balaban J connectivity index is 1.27. The smallest absolute Gasteiger partial charge is 0.246 e. The number of likely N-dealkylation sites (tertiary alicyclic amines) is 1. The zero-order chi connectivity index (χ0) is 28.0. The van der Waals surface area contributed by atoms with Gasteiger partial charge in [0, 0.05) is 37.9 Å². The van der Waals surface area contributed by atoms with E-state index in [-0.39, 0.29) is 23.8 Å². The van der Waals surface area contributed by atoms with Crippen LogP contribution in [0.1, 0.15) is 38.7 Å². The Kier molecular flexibility index (Phi) is 7.48. The van der Waals surface area contributed by atoms with Crippen molar-refractivity contribution in [1.82, 2.24) is 15.1 Å². The minimum Gasteiger partial charge on any atom is -0.379 e. The predicted molar refractivity (Wildman–Crippen MR) is 150 cm³/mol.